The largest absolute Gasteiger partial charge is 0.478 e. The van der Waals surface area contributed by atoms with E-state index in [1.165, 1.54) is 0 Å². The van der Waals surface area contributed by atoms with Crippen molar-refractivity contribution in [1.29, 1.82) is 0 Å². The number of esters is 1. The number of aryl methyl sites for hydroxylation is 2. The summed E-state index contributed by atoms with van der Waals surface area (Å²) in [5.74, 6) is 0.627. The number of benzene rings is 1. The van der Waals surface area contributed by atoms with Crippen LogP contribution in [0.25, 0.3) is 11.1 Å². The molecule has 0 aliphatic carbocycles. The van der Waals surface area contributed by atoms with Gasteiger partial charge in [0.25, 0.3) is 5.91 Å². The van der Waals surface area contributed by atoms with Crippen LogP contribution in [0.15, 0.2) is 22.7 Å². The lowest BCUT2D eigenvalue weighted by atomic mass is 10.0. The van der Waals surface area contributed by atoms with E-state index in [1.807, 2.05) is 39.0 Å². The molecule has 2 aromatic rings. The van der Waals surface area contributed by atoms with Crippen molar-refractivity contribution in [3.05, 3.63) is 29.7 Å². The lowest BCUT2D eigenvalue weighted by molar-refractivity contribution is -0.147. The molecule has 1 atom stereocenters. The first kappa shape index (κ1) is 18.9. The Hall–Kier alpha value is -2.83. The number of amides is 1. The van der Waals surface area contributed by atoms with Gasteiger partial charge in [0.15, 0.2) is 6.10 Å². The van der Waals surface area contributed by atoms with Gasteiger partial charge in [0.1, 0.15) is 11.5 Å². The molecule has 0 radical (unpaired) electrons. The van der Waals surface area contributed by atoms with Gasteiger partial charge in [-0.1, -0.05) is 18.1 Å². The molecule has 1 amide bonds. The summed E-state index contributed by atoms with van der Waals surface area (Å²) in [4.78, 5) is 26.4. The number of aromatic nitrogens is 1. The molecular formula is C20H24N2O5. The monoisotopic (exact) mass is 372 g/mol. The van der Waals surface area contributed by atoms with Crippen LogP contribution in [0.1, 0.15) is 38.1 Å². The van der Waals surface area contributed by atoms with Gasteiger partial charge in [0.2, 0.25) is 0 Å². The minimum absolute atomic E-state index is 0.0993. The molecule has 1 aromatic carbocycles. The molecule has 27 heavy (non-hydrogen) atoms. The lowest BCUT2D eigenvalue weighted by Crippen LogP contribution is -2.47. The summed E-state index contributed by atoms with van der Waals surface area (Å²) in [5.41, 5.74) is 3.30. The number of nitrogens with zero attached hydrogens (tertiary/aromatic N) is 2. The number of ether oxygens (including phenoxy) is 2. The summed E-state index contributed by atoms with van der Waals surface area (Å²) in [6.07, 6.45) is -0.182. The van der Waals surface area contributed by atoms with Crippen molar-refractivity contribution in [2.24, 2.45) is 0 Å². The van der Waals surface area contributed by atoms with Gasteiger partial charge in [-0.25, -0.2) is 0 Å². The number of anilines is 1. The van der Waals surface area contributed by atoms with Crippen molar-refractivity contribution >= 4 is 17.6 Å². The summed E-state index contributed by atoms with van der Waals surface area (Å²) in [5, 5.41) is 4.00. The molecule has 0 spiro atoms. The van der Waals surface area contributed by atoms with Gasteiger partial charge in [-0.05, 0) is 44.9 Å². The Kier molecular flexibility index (Phi) is 5.48. The Morgan fingerprint density at radius 1 is 1.30 bits per heavy atom. The van der Waals surface area contributed by atoms with Crippen LogP contribution in [-0.4, -0.2) is 36.3 Å². The Morgan fingerprint density at radius 2 is 2.07 bits per heavy atom. The zero-order valence-electron chi connectivity index (χ0n) is 16.1. The molecule has 144 valence electrons. The van der Waals surface area contributed by atoms with E-state index in [9.17, 15) is 9.59 Å². The predicted molar refractivity (Wildman–Crippen MR) is 99.7 cm³/mol. The summed E-state index contributed by atoms with van der Waals surface area (Å²) in [7, 11) is 0. The third-order valence-corrected chi connectivity index (χ3v) is 4.49. The smallest absolute Gasteiger partial charge is 0.310 e. The average molecular weight is 372 g/mol. The lowest BCUT2D eigenvalue weighted by Gasteiger charge is -2.34. The Bertz CT molecular complexity index is 839. The summed E-state index contributed by atoms with van der Waals surface area (Å²) >= 11 is 0. The minimum Gasteiger partial charge on any atom is -0.478 e. The Balaban J connectivity index is 1.97. The molecule has 0 N–H and O–H groups in total. The predicted octanol–water partition coefficient (Wildman–Crippen LogP) is 3.42. The van der Waals surface area contributed by atoms with Crippen molar-refractivity contribution in [2.45, 2.75) is 46.6 Å². The van der Waals surface area contributed by atoms with Crippen LogP contribution in [0.5, 0.6) is 5.75 Å². The first-order valence-corrected chi connectivity index (χ1v) is 9.17. The van der Waals surface area contributed by atoms with E-state index in [0.29, 0.717) is 18.0 Å². The van der Waals surface area contributed by atoms with Crippen LogP contribution in [0.4, 0.5) is 5.69 Å². The highest BCUT2D eigenvalue weighted by Crippen LogP contribution is 2.39. The highest BCUT2D eigenvalue weighted by Gasteiger charge is 2.36. The first-order valence-electron chi connectivity index (χ1n) is 9.17. The first-order chi connectivity index (χ1) is 13.0. The van der Waals surface area contributed by atoms with Gasteiger partial charge < -0.3 is 18.9 Å². The van der Waals surface area contributed by atoms with Crippen molar-refractivity contribution in [3.63, 3.8) is 0 Å². The van der Waals surface area contributed by atoms with E-state index >= 15 is 0 Å². The second-order valence-electron chi connectivity index (χ2n) is 6.49. The number of hydrogen-bond donors (Lipinski definition) is 0. The zero-order chi connectivity index (χ0) is 19.6. The summed E-state index contributed by atoms with van der Waals surface area (Å²) in [6.45, 7) is 8.29. The molecule has 0 saturated carbocycles. The molecule has 0 bridgehead atoms. The SMILES string of the molecule is CCCN1C(=O)C(CC(=O)OCC)Oc2ccc(-c3c(C)noc3C)cc21. The van der Waals surface area contributed by atoms with Crippen LogP contribution in [0.3, 0.4) is 0 Å². The average Bonchev–Trinajstić information content (AvgIpc) is 2.97. The standard InChI is InChI=1S/C20H24N2O5/c1-5-9-22-15-10-14(19-12(3)21-27-13(19)4)7-8-16(15)26-17(20(22)24)11-18(23)25-6-2/h7-8,10,17H,5-6,9,11H2,1-4H3. The number of rotatable bonds is 6. The van der Waals surface area contributed by atoms with E-state index in [0.717, 1.165) is 29.0 Å². The Labute approximate surface area is 158 Å². The van der Waals surface area contributed by atoms with Gasteiger partial charge in [-0.2, -0.15) is 0 Å². The van der Waals surface area contributed by atoms with E-state index in [4.69, 9.17) is 14.0 Å². The topological polar surface area (TPSA) is 81.9 Å². The van der Waals surface area contributed by atoms with Gasteiger partial charge in [0.05, 0.1) is 24.4 Å². The number of carbonyl (C=O) groups is 2. The van der Waals surface area contributed by atoms with Gasteiger partial charge in [-0.3, -0.25) is 9.59 Å². The molecule has 7 heteroatoms. The van der Waals surface area contributed by atoms with Gasteiger partial charge in [0, 0.05) is 12.1 Å². The van der Waals surface area contributed by atoms with Crippen LogP contribution >= 0.6 is 0 Å². The third-order valence-electron chi connectivity index (χ3n) is 4.49. The molecule has 0 saturated heterocycles. The van der Waals surface area contributed by atoms with Crippen LogP contribution in [0.2, 0.25) is 0 Å². The third kappa shape index (κ3) is 3.67. The van der Waals surface area contributed by atoms with Crippen LogP contribution in [0, 0.1) is 13.8 Å². The molecule has 3 rings (SSSR count). The van der Waals surface area contributed by atoms with Gasteiger partial charge >= 0.3 is 5.97 Å². The molecule has 1 aliphatic rings. The summed E-state index contributed by atoms with van der Waals surface area (Å²) < 4.78 is 16.1. The fraction of sp³-hybridized carbons (Fsp3) is 0.450. The fourth-order valence-corrected chi connectivity index (χ4v) is 3.33. The molecule has 7 nitrogen and oxygen atoms in total. The molecule has 2 heterocycles. The molecule has 1 aromatic heterocycles. The van der Waals surface area contributed by atoms with E-state index in [1.54, 1.807) is 11.8 Å². The highest BCUT2D eigenvalue weighted by atomic mass is 16.5. The van der Waals surface area contributed by atoms with Crippen molar-refractivity contribution in [1.82, 2.24) is 5.16 Å². The van der Waals surface area contributed by atoms with Crippen LogP contribution < -0.4 is 9.64 Å². The number of hydrogen-bond acceptors (Lipinski definition) is 6. The molecule has 0 fully saturated rings. The fourth-order valence-electron chi connectivity index (χ4n) is 3.33. The number of fused-ring (bicyclic) bond motifs is 1. The maximum atomic E-state index is 12.9. The summed E-state index contributed by atoms with van der Waals surface area (Å²) in [6, 6.07) is 5.65. The minimum atomic E-state index is -0.868. The van der Waals surface area contributed by atoms with E-state index in [2.05, 4.69) is 5.16 Å². The second kappa shape index (κ2) is 7.82. The Morgan fingerprint density at radius 3 is 2.70 bits per heavy atom. The van der Waals surface area contributed by atoms with Crippen molar-refractivity contribution in [3.8, 4) is 16.9 Å². The molecule has 1 unspecified atom stereocenters. The van der Waals surface area contributed by atoms with Crippen molar-refractivity contribution < 1.29 is 23.6 Å². The maximum Gasteiger partial charge on any atom is 0.310 e. The second-order valence-corrected chi connectivity index (χ2v) is 6.49. The van der Waals surface area contributed by atoms with E-state index in [-0.39, 0.29) is 18.9 Å². The number of carbonyl (C=O) groups excluding carboxylic acids is 2. The quantitative estimate of drug-likeness (QED) is 0.723. The maximum absolute atomic E-state index is 12.9. The highest BCUT2D eigenvalue weighted by molar-refractivity contribution is 6.02. The zero-order valence-corrected chi connectivity index (χ0v) is 16.1. The normalized spacial score (nSPS) is 16.1. The van der Waals surface area contributed by atoms with E-state index < -0.39 is 12.1 Å². The molecule has 1 aliphatic heterocycles. The van der Waals surface area contributed by atoms with Crippen molar-refractivity contribution in [2.75, 3.05) is 18.1 Å². The molecular weight excluding hydrogens is 348 g/mol. The van der Waals surface area contributed by atoms with Crippen LogP contribution in [-0.2, 0) is 14.3 Å². The van der Waals surface area contributed by atoms with Gasteiger partial charge in [-0.15, -0.1) is 0 Å².